The van der Waals surface area contributed by atoms with Gasteiger partial charge < -0.3 is 69.3 Å². The van der Waals surface area contributed by atoms with E-state index in [2.05, 4.69) is 0 Å². The highest BCUT2D eigenvalue weighted by Crippen LogP contribution is 2.39. The van der Waals surface area contributed by atoms with Crippen molar-refractivity contribution in [3.63, 3.8) is 0 Å². The van der Waals surface area contributed by atoms with Gasteiger partial charge in [-0.05, 0) is 25.1 Å². The van der Waals surface area contributed by atoms with Crippen molar-refractivity contribution in [3.8, 4) is 40.1 Å². The first kappa shape index (κ1) is 28.8. The number of rotatable bonds is 5. The fraction of sp³-hybridized carbons (Fsp3) is 0.423. The summed E-state index contributed by atoms with van der Waals surface area (Å²) in [5.41, 5.74) is -1.24. The third kappa shape index (κ3) is 5.25. The van der Waals surface area contributed by atoms with Crippen LogP contribution in [0.2, 0.25) is 0 Å². The number of benzene rings is 2. The van der Waals surface area contributed by atoms with Gasteiger partial charge >= 0.3 is 0 Å². The predicted molar refractivity (Wildman–Crippen MR) is 134 cm³/mol. The van der Waals surface area contributed by atoms with Crippen LogP contribution in [0.25, 0.3) is 22.3 Å². The van der Waals surface area contributed by atoms with Crippen LogP contribution in [-0.2, 0) is 14.2 Å². The third-order valence-electron chi connectivity index (χ3n) is 6.92. The number of phenolic OH excluding ortho intramolecular Hbond substituents is 4. The zero-order valence-electron chi connectivity index (χ0n) is 21.3. The van der Waals surface area contributed by atoms with E-state index in [9.17, 15) is 50.8 Å². The summed E-state index contributed by atoms with van der Waals surface area (Å²) in [5.74, 6) is -3.14. The number of aromatic hydroxyl groups is 4. The van der Waals surface area contributed by atoms with E-state index in [4.69, 9.17) is 23.4 Å². The molecule has 15 heteroatoms. The number of aliphatic hydroxyl groups is 5. The fourth-order valence-corrected chi connectivity index (χ4v) is 4.64. The van der Waals surface area contributed by atoms with Gasteiger partial charge in [-0.15, -0.1) is 0 Å². The average Bonchev–Trinajstić information content (AvgIpc) is 2.92. The van der Waals surface area contributed by atoms with Crippen molar-refractivity contribution in [1.29, 1.82) is 0 Å². The summed E-state index contributed by atoms with van der Waals surface area (Å²) >= 11 is 0. The molecule has 0 saturated carbocycles. The normalized spacial score (nSPS) is 32.2. The van der Waals surface area contributed by atoms with E-state index in [0.717, 1.165) is 24.3 Å². The Morgan fingerprint density at radius 3 is 2.27 bits per heavy atom. The largest absolute Gasteiger partial charge is 0.508 e. The average molecular weight is 580 g/mol. The number of hydrogen-bond donors (Lipinski definition) is 9. The lowest BCUT2D eigenvalue weighted by Crippen LogP contribution is -2.62. The van der Waals surface area contributed by atoms with Gasteiger partial charge in [0.1, 0.15) is 53.0 Å². The van der Waals surface area contributed by atoms with E-state index in [0.29, 0.717) is 0 Å². The van der Waals surface area contributed by atoms with Crippen molar-refractivity contribution < 1.29 is 69.3 Å². The highest BCUT2D eigenvalue weighted by atomic mass is 16.8. The smallest absolute Gasteiger partial charge is 0.239 e. The summed E-state index contributed by atoms with van der Waals surface area (Å²) in [4.78, 5) is 13.6. The predicted octanol–water partition coefficient (Wildman–Crippen LogP) is -1.05. The van der Waals surface area contributed by atoms with Gasteiger partial charge in [0.25, 0.3) is 0 Å². The molecule has 3 heterocycles. The van der Waals surface area contributed by atoms with Crippen LogP contribution >= 0.6 is 0 Å². The number of phenols is 4. The Balaban J connectivity index is 1.59. The Hall–Kier alpha value is -3.67. The van der Waals surface area contributed by atoms with Gasteiger partial charge in [-0.2, -0.15) is 0 Å². The van der Waals surface area contributed by atoms with E-state index in [1.807, 2.05) is 0 Å². The summed E-state index contributed by atoms with van der Waals surface area (Å²) in [6, 6.07) is 5.36. The molecular weight excluding hydrogens is 552 g/mol. The molecule has 5 rings (SSSR count). The van der Waals surface area contributed by atoms with Gasteiger partial charge in [0.15, 0.2) is 29.7 Å². The van der Waals surface area contributed by atoms with Crippen LogP contribution in [0.3, 0.4) is 0 Å². The summed E-state index contributed by atoms with van der Waals surface area (Å²) < 4.78 is 28.2. The molecule has 0 spiro atoms. The fourth-order valence-electron chi connectivity index (χ4n) is 4.64. The standard InChI is InChI=1S/C26H28O15/c1-8-17(32)20(35)21(36)25(38-8)41-24-18(33)14(31)7-37-26(24)40-23-19(34)16-13(30)5-10(27)6-15(16)39-22(23)9-2-3-11(28)12(29)4-9/h2-6,8,14,17-18,20-21,24-33,35-36H,7H2,1H3/t8-,14-,17-,18-,20-,21-,24-,25-,26+/m0/s1. The van der Waals surface area contributed by atoms with Crippen LogP contribution < -0.4 is 10.2 Å². The molecule has 0 amide bonds. The molecule has 2 aromatic carbocycles. The lowest BCUT2D eigenvalue weighted by atomic mass is 9.99. The van der Waals surface area contributed by atoms with Crippen molar-refractivity contribution in [2.45, 2.75) is 62.2 Å². The van der Waals surface area contributed by atoms with Crippen LogP contribution in [0.5, 0.6) is 28.7 Å². The highest BCUT2D eigenvalue weighted by Gasteiger charge is 2.48. The van der Waals surface area contributed by atoms with Crippen LogP contribution in [0.1, 0.15) is 6.92 Å². The van der Waals surface area contributed by atoms with Gasteiger partial charge in [-0.1, -0.05) is 0 Å². The first-order chi connectivity index (χ1) is 19.4. The molecule has 15 nitrogen and oxygen atoms in total. The maximum Gasteiger partial charge on any atom is 0.239 e. The lowest BCUT2D eigenvalue weighted by molar-refractivity contribution is -0.344. The van der Waals surface area contributed by atoms with E-state index in [1.54, 1.807) is 0 Å². The lowest BCUT2D eigenvalue weighted by Gasteiger charge is -2.43. The molecule has 41 heavy (non-hydrogen) atoms. The molecule has 3 aromatic rings. The van der Waals surface area contributed by atoms with Crippen LogP contribution in [0.4, 0.5) is 0 Å². The Bertz CT molecular complexity index is 1490. The minimum atomic E-state index is -1.79. The van der Waals surface area contributed by atoms with Crippen molar-refractivity contribution in [2.75, 3.05) is 6.61 Å². The van der Waals surface area contributed by atoms with Gasteiger partial charge in [-0.3, -0.25) is 4.79 Å². The molecule has 9 atom stereocenters. The summed E-state index contributed by atoms with van der Waals surface area (Å²) in [6.07, 6.45) is -14.2. The minimum Gasteiger partial charge on any atom is -0.508 e. The van der Waals surface area contributed by atoms with Crippen molar-refractivity contribution in [2.24, 2.45) is 0 Å². The molecule has 0 unspecified atom stereocenters. The Morgan fingerprint density at radius 2 is 1.56 bits per heavy atom. The Labute approximate surface area is 230 Å². The maximum atomic E-state index is 13.6. The Morgan fingerprint density at radius 1 is 0.829 bits per heavy atom. The maximum absolute atomic E-state index is 13.6. The molecule has 2 aliphatic rings. The second-order valence-electron chi connectivity index (χ2n) is 9.79. The second-order valence-corrected chi connectivity index (χ2v) is 9.79. The van der Waals surface area contributed by atoms with E-state index in [-0.39, 0.29) is 16.9 Å². The molecule has 2 aliphatic heterocycles. The van der Waals surface area contributed by atoms with Crippen LogP contribution in [-0.4, -0.2) is 108 Å². The second kappa shape index (κ2) is 11.0. The highest BCUT2D eigenvalue weighted by molar-refractivity contribution is 5.88. The van der Waals surface area contributed by atoms with E-state index in [1.165, 1.54) is 13.0 Å². The van der Waals surface area contributed by atoms with Gasteiger partial charge in [-0.25, -0.2) is 0 Å². The zero-order valence-corrected chi connectivity index (χ0v) is 21.3. The summed E-state index contributed by atoms with van der Waals surface area (Å²) in [5, 5.41) is 91.2. The summed E-state index contributed by atoms with van der Waals surface area (Å²) in [6.45, 7) is 0.904. The van der Waals surface area contributed by atoms with Crippen LogP contribution in [0.15, 0.2) is 39.5 Å². The first-order valence-corrected chi connectivity index (χ1v) is 12.4. The number of fused-ring (bicyclic) bond motifs is 1. The molecule has 0 aliphatic carbocycles. The molecule has 2 fully saturated rings. The van der Waals surface area contributed by atoms with E-state index >= 15 is 0 Å². The molecule has 9 N–H and O–H groups in total. The monoisotopic (exact) mass is 580 g/mol. The van der Waals surface area contributed by atoms with Crippen molar-refractivity contribution in [3.05, 3.63) is 40.6 Å². The SMILES string of the molecule is C[C@@H]1O[C@@H](O[C@@H]2[C@@H](Oc3c(-c4ccc(O)c(O)c4)oc4cc(O)cc(O)c4c3=O)OC[C@H](O)[C@@H]2O)[C@@H](O)[C@@H](O)[C@H]1O. The zero-order chi connectivity index (χ0) is 29.7. The quantitative estimate of drug-likeness (QED) is 0.163. The molecule has 0 bridgehead atoms. The van der Waals surface area contributed by atoms with Gasteiger partial charge in [0.05, 0.1) is 12.7 Å². The van der Waals surface area contributed by atoms with Crippen LogP contribution in [0, 0.1) is 0 Å². The first-order valence-electron chi connectivity index (χ1n) is 12.4. The molecule has 222 valence electrons. The van der Waals surface area contributed by atoms with E-state index < -0.39 is 101 Å². The molecule has 1 aromatic heterocycles. The number of ether oxygens (including phenoxy) is 4. The minimum absolute atomic E-state index is 0.00274. The van der Waals surface area contributed by atoms with Gasteiger partial charge in [0.2, 0.25) is 17.5 Å². The molecular formula is C26H28O15. The number of hydrogen-bond acceptors (Lipinski definition) is 15. The summed E-state index contributed by atoms with van der Waals surface area (Å²) in [7, 11) is 0. The van der Waals surface area contributed by atoms with Crippen molar-refractivity contribution in [1.82, 2.24) is 0 Å². The third-order valence-corrected chi connectivity index (χ3v) is 6.92. The molecule has 0 radical (unpaired) electrons. The topological polar surface area (TPSA) is 249 Å². The number of aliphatic hydroxyl groups excluding tert-OH is 5. The van der Waals surface area contributed by atoms with Gasteiger partial charge in [0, 0.05) is 17.7 Å². The van der Waals surface area contributed by atoms with Crippen molar-refractivity contribution >= 4 is 11.0 Å². The Kier molecular flexibility index (Phi) is 7.71. The molecule has 2 saturated heterocycles.